The van der Waals surface area contributed by atoms with Crippen molar-refractivity contribution in [2.75, 3.05) is 13.6 Å². The van der Waals surface area contributed by atoms with E-state index in [1.165, 1.54) is 5.56 Å². The predicted octanol–water partition coefficient (Wildman–Crippen LogP) is 1.43. The molecule has 1 aromatic rings. The Bertz CT molecular complexity index is 349. The molecule has 0 bridgehead atoms. The van der Waals surface area contributed by atoms with Crippen molar-refractivity contribution in [3.8, 4) is 0 Å². The average Bonchev–Trinajstić information content (AvgIpc) is 3.11. The zero-order chi connectivity index (χ0) is 11.4. The molecule has 1 heterocycles. The maximum Gasteiger partial charge on any atom is 0.317 e. The van der Waals surface area contributed by atoms with Crippen LogP contribution in [0.5, 0.6) is 0 Å². The minimum absolute atomic E-state index is 0.0385. The third-order valence-corrected chi connectivity index (χ3v) is 2.74. The molecule has 86 valence electrons. The van der Waals surface area contributed by atoms with E-state index in [9.17, 15) is 4.79 Å². The molecule has 0 aromatic carbocycles. The van der Waals surface area contributed by atoms with Crippen molar-refractivity contribution in [2.45, 2.75) is 25.3 Å². The third-order valence-electron chi connectivity index (χ3n) is 2.74. The van der Waals surface area contributed by atoms with Crippen molar-refractivity contribution >= 4 is 6.03 Å². The van der Waals surface area contributed by atoms with Crippen LogP contribution in [-0.4, -0.2) is 35.5 Å². The number of amides is 2. The minimum Gasteiger partial charge on any atom is -0.335 e. The van der Waals surface area contributed by atoms with E-state index in [1.807, 2.05) is 19.2 Å². The fourth-order valence-corrected chi connectivity index (χ4v) is 1.46. The lowest BCUT2D eigenvalue weighted by Gasteiger charge is -2.17. The lowest BCUT2D eigenvalue weighted by molar-refractivity contribution is 0.209. The molecule has 0 saturated heterocycles. The highest BCUT2D eigenvalue weighted by Gasteiger charge is 2.24. The van der Waals surface area contributed by atoms with Gasteiger partial charge in [0.2, 0.25) is 0 Å². The highest BCUT2D eigenvalue weighted by atomic mass is 16.2. The van der Waals surface area contributed by atoms with Crippen LogP contribution in [0, 0.1) is 0 Å². The average molecular weight is 219 g/mol. The first-order valence-electron chi connectivity index (χ1n) is 5.66. The second-order valence-corrected chi connectivity index (χ2v) is 4.25. The molecule has 4 heteroatoms. The van der Waals surface area contributed by atoms with Gasteiger partial charge in [-0.05, 0) is 37.0 Å². The number of carbonyl (C=O) groups excluding carboxylic acids is 1. The maximum absolute atomic E-state index is 11.6. The monoisotopic (exact) mass is 219 g/mol. The number of carbonyl (C=O) groups is 1. The summed E-state index contributed by atoms with van der Waals surface area (Å²) in [5.74, 6) is 0. The van der Waals surface area contributed by atoms with Gasteiger partial charge in [0.05, 0.1) is 0 Å². The fourth-order valence-electron chi connectivity index (χ4n) is 1.46. The Morgan fingerprint density at radius 2 is 2.19 bits per heavy atom. The molecule has 1 aromatic heterocycles. The molecule has 0 atom stereocenters. The van der Waals surface area contributed by atoms with Crippen LogP contribution in [0.2, 0.25) is 0 Å². The van der Waals surface area contributed by atoms with E-state index >= 15 is 0 Å². The van der Waals surface area contributed by atoms with Crippen molar-refractivity contribution in [2.24, 2.45) is 0 Å². The van der Waals surface area contributed by atoms with Crippen molar-refractivity contribution < 1.29 is 4.79 Å². The summed E-state index contributed by atoms with van der Waals surface area (Å²) >= 11 is 0. The van der Waals surface area contributed by atoms with E-state index in [0.29, 0.717) is 6.04 Å². The Morgan fingerprint density at radius 1 is 1.50 bits per heavy atom. The van der Waals surface area contributed by atoms with Gasteiger partial charge in [-0.1, -0.05) is 0 Å². The molecule has 4 nitrogen and oxygen atoms in total. The summed E-state index contributed by atoms with van der Waals surface area (Å²) in [5, 5.41) is 2.96. The molecule has 0 aliphatic heterocycles. The summed E-state index contributed by atoms with van der Waals surface area (Å²) < 4.78 is 0. The molecular formula is C12H17N3O. The number of hydrogen-bond acceptors (Lipinski definition) is 2. The van der Waals surface area contributed by atoms with Crippen LogP contribution in [0.15, 0.2) is 24.5 Å². The molecule has 1 aliphatic rings. The predicted molar refractivity (Wildman–Crippen MR) is 62.1 cm³/mol. The van der Waals surface area contributed by atoms with Gasteiger partial charge in [-0.3, -0.25) is 4.98 Å². The number of likely N-dealkylation sites (N-methyl/N-ethyl adjacent to an activating group) is 1. The van der Waals surface area contributed by atoms with Gasteiger partial charge < -0.3 is 10.2 Å². The van der Waals surface area contributed by atoms with Gasteiger partial charge >= 0.3 is 6.03 Å². The summed E-state index contributed by atoms with van der Waals surface area (Å²) in [7, 11) is 1.83. The first-order chi connectivity index (χ1) is 7.75. The number of nitrogens with one attached hydrogen (secondary N) is 1. The van der Waals surface area contributed by atoms with Crippen LogP contribution in [0.3, 0.4) is 0 Å². The lowest BCUT2D eigenvalue weighted by atomic mass is 10.2. The molecule has 1 N–H and O–H groups in total. The van der Waals surface area contributed by atoms with Crippen molar-refractivity contribution in [3.63, 3.8) is 0 Å². The highest BCUT2D eigenvalue weighted by molar-refractivity contribution is 5.74. The molecule has 0 unspecified atom stereocenters. The molecular weight excluding hydrogens is 202 g/mol. The van der Waals surface area contributed by atoms with Crippen molar-refractivity contribution in [3.05, 3.63) is 30.1 Å². The maximum atomic E-state index is 11.6. The first-order valence-corrected chi connectivity index (χ1v) is 5.66. The van der Waals surface area contributed by atoms with E-state index in [0.717, 1.165) is 25.8 Å². The van der Waals surface area contributed by atoms with Gasteiger partial charge in [-0.2, -0.15) is 0 Å². The zero-order valence-corrected chi connectivity index (χ0v) is 9.52. The Labute approximate surface area is 95.7 Å². The molecule has 1 saturated carbocycles. The fraction of sp³-hybridized carbons (Fsp3) is 0.500. The van der Waals surface area contributed by atoms with E-state index in [2.05, 4.69) is 10.3 Å². The van der Waals surface area contributed by atoms with E-state index in [1.54, 1.807) is 17.3 Å². The van der Waals surface area contributed by atoms with Crippen molar-refractivity contribution in [1.29, 1.82) is 0 Å². The molecule has 2 amide bonds. The molecule has 2 rings (SSSR count). The zero-order valence-electron chi connectivity index (χ0n) is 9.52. The summed E-state index contributed by atoms with van der Waals surface area (Å²) in [6, 6.07) is 4.42. The van der Waals surface area contributed by atoms with Crippen LogP contribution >= 0.6 is 0 Å². The van der Waals surface area contributed by atoms with Gasteiger partial charge in [-0.25, -0.2) is 4.79 Å². The lowest BCUT2D eigenvalue weighted by Crippen LogP contribution is -2.39. The molecule has 1 fully saturated rings. The SMILES string of the molecule is CN(CCc1ccncc1)C(=O)NC1CC1. The van der Waals surface area contributed by atoms with E-state index in [4.69, 9.17) is 0 Å². The van der Waals surface area contributed by atoms with Crippen LogP contribution in [0.4, 0.5) is 4.79 Å². The summed E-state index contributed by atoms with van der Waals surface area (Å²) in [5.41, 5.74) is 1.21. The number of pyridine rings is 1. The molecule has 16 heavy (non-hydrogen) atoms. The van der Waals surface area contributed by atoms with E-state index < -0.39 is 0 Å². The molecule has 0 spiro atoms. The number of urea groups is 1. The number of nitrogens with zero attached hydrogens (tertiary/aromatic N) is 2. The standard InChI is InChI=1S/C12H17N3O/c1-15(12(16)14-11-2-3-11)9-6-10-4-7-13-8-5-10/h4-5,7-8,11H,2-3,6,9H2,1H3,(H,14,16). The van der Waals surface area contributed by atoms with Crippen molar-refractivity contribution in [1.82, 2.24) is 15.2 Å². The quantitative estimate of drug-likeness (QED) is 0.832. The Kier molecular flexibility index (Phi) is 3.39. The van der Waals surface area contributed by atoms with Gasteiger partial charge in [0.1, 0.15) is 0 Å². The third kappa shape index (κ3) is 3.22. The van der Waals surface area contributed by atoms with Gasteiger partial charge in [-0.15, -0.1) is 0 Å². The first kappa shape index (κ1) is 10.9. The Hall–Kier alpha value is -1.58. The van der Waals surface area contributed by atoms with E-state index in [-0.39, 0.29) is 6.03 Å². The summed E-state index contributed by atoms with van der Waals surface area (Å²) in [6.07, 6.45) is 6.68. The molecule has 0 radical (unpaired) electrons. The number of aromatic nitrogens is 1. The van der Waals surface area contributed by atoms with Crippen LogP contribution < -0.4 is 5.32 Å². The highest BCUT2D eigenvalue weighted by Crippen LogP contribution is 2.18. The van der Waals surface area contributed by atoms with Crippen LogP contribution in [0.1, 0.15) is 18.4 Å². The Balaban J connectivity index is 1.74. The second-order valence-electron chi connectivity index (χ2n) is 4.25. The van der Waals surface area contributed by atoms with Gasteiger partial charge in [0.25, 0.3) is 0 Å². The molecule has 1 aliphatic carbocycles. The Morgan fingerprint density at radius 3 is 2.81 bits per heavy atom. The van der Waals surface area contributed by atoms with Crippen LogP contribution in [-0.2, 0) is 6.42 Å². The number of rotatable bonds is 4. The largest absolute Gasteiger partial charge is 0.335 e. The topological polar surface area (TPSA) is 45.2 Å². The smallest absolute Gasteiger partial charge is 0.317 e. The number of hydrogen-bond donors (Lipinski definition) is 1. The summed E-state index contributed by atoms with van der Waals surface area (Å²) in [6.45, 7) is 0.739. The van der Waals surface area contributed by atoms with Crippen LogP contribution in [0.25, 0.3) is 0 Å². The van der Waals surface area contributed by atoms with Gasteiger partial charge in [0.15, 0.2) is 0 Å². The normalized spacial score (nSPS) is 14.6. The minimum atomic E-state index is 0.0385. The van der Waals surface area contributed by atoms with Gasteiger partial charge in [0, 0.05) is 32.0 Å². The summed E-state index contributed by atoms with van der Waals surface area (Å²) in [4.78, 5) is 17.3. The second kappa shape index (κ2) is 4.96.